The molecule has 0 spiro atoms. The van der Waals surface area contributed by atoms with Gasteiger partial charge in [0.05, 0.1) is 11.6 Å². The lowest BCUT2D eigenvalue weighted by Gasteiger charge is -2.19. The second kappa shape index (κ2) is 6.87. The van der Waals surface area contributed by atoms with Crippen molar-refractivity contribution in [1.82, 2.24) is 10.1 Å². The standard InChI is InChI=1S/C14H17BrClN3O2/c1-3-6-20-8-14(2,17)13-18-12(21-19-13)9-4-5-10(15)11(16)7-9/h4-5,7H,3,6,8,17H2,1-2H3. The normalized spacial score (nSPS) is 14.1. The highest BCUT2D eigenvalue weighted by molar-refractivity contribution is 9.10. The van der Waals surface area contributed by atoms with Crippen LogP contribution in [0.5, 0.6) is 0 Å². The van der Waals surface area contributed by atoms with Gasteiger partial charge in [-0.25, -0.2) is 0 Å². The van der Waals surface area contributed by atoms with Crippen LogP contribution in [0.2, 0.25) is 5.02 Å². The van der Waals surface area contributed by atoms with Crippen LogP contribution in [0.1, 0.15) is 26.1 Å². The third-order valence-electron chi connectivity index (χ3n) is 2.85. The molecule has 0 aliphatic heterocycles. The van der Waals surface area contributed by atoms with Crippen LogP contribution in [-0.2, 0) is 10.3 Å². The van der Waals surface area contributed by atoms with Crippen LogP contribution in [0.25, 0.3) is 11.5 Å². The third kappa shape index (κ3) is 4.03. The Morgan fingerprint density at radius 1 is 1.48 bits per heavy atom. The average molecular weight is 375 g/mol. The first-order valence-electron chi connectivity index (χ1n) is 6.60. The molecule has 1 heterocycles. The molecule has 0 bridgehead atoms. The topological polar surface area (TPSA) is 74.2 Å². The Bertz CT molecular complexity index is 616. The molecule has 0 saturated carbocycles. The molecule has 21 heavy (non-hydrogen) atoms. The largest absolute Gasteiger partial charge is 0.379 e. The van der Waals surface area contributed by atoms with Crippen LogP contribution in [0, 0.1) is 0 Å². The smallest absolute Gasteiger partial charge is 0.258 e. The van der Waals surface area contributed by atoms with Crippen LogP contribution in [0.15, 0.2) is 27.2 Å². The van der Waals surface area contributed by atoms with E-state index in [1.165, 1.54) is 0 Å². The summed E-state index contributed by atoms with van der Waals surface area (Å²) in [7, 11) is 0. The second-order valence-corrected chi connectivity index (χ2v) is 6.28. The first-order chi connectivity index (χ1) is 9.94. The van der Waals surface area contributed by atoms with Crippen molar-refractivity contribution in [3.63, 3.8) is 0 Å². The van der Waals surface area contributed by atoms with Crippen LogP contribution in [0.4, 0.5) is 0 Å². The number of benzene rings is 1. The lowest BCUT2D eigenvalue weighted by atomic mass is 10.1. The third-order valence-corrected chi connectivity index (χ3v) is 4.09. The maximum absolute atomic E-state index is 6.18. The Labute approximate surface area is 136 Å². The molecular weight excluding hydrogens is 358 g/mol. The molecule has 7 heteroatoms. The maximum Gasteiger partial charge on any atom is 0.258 e. The van der Waals surface area contributed by atoms with E-state index in [0.717, 1.165) is 16.5 Å². The summed E-state index contributed by atoms with van der Waals surface area (Å²) in [6, 6.07) is 5.42. The molecule has 0 amide bonds. The van der Waals surface area contributed by atoms with Gasteiger partial charge in [-0.2, -0.15) is 4.98 Å². The molecule has 5 nitrogen and oxygen atoms in total. The zero-order valence-electron chi connectivity index (χ0n) is 11.9. The number of nitrogens with two attached hydrogens (primary N) is 1. The molecule has 1 atom stereocenters. The summed E-state index contributed by atoms with van der Waals surface area (Å²) < 4.78 is 11.6. The number of rotatable bonds is 6. The fourth-order valence-corrected chi connectivity index (χ4v) is 2.12. The molecule has 0 fully saturated rings. The van der Waals surface area contributed by atoms with E-state index in [9.17, 15) is 0 Å². The molecule has 0 radical (unpaired) electrons. The number of hydrogen-bond acceptors (Lipinski definition) is 5. The van der Waals surface area contributed by atoms with Gasteiger partial charge in [0.25, 0.3) is 5.89 Å². The van der Waals surface area contributed by atoms with E-state index in [1.807, 2.05) is 26.0 Å². The molecule has 2 aromatic rings. The van der Waals surface area contributed by atoms with Gasteiger partial charge in [-0.1, -0.05) is 23.7 Å². The summed E-state index contributed by atoms with van der Waals surface area (Å²) in [6.07, 6.45) is 0.935. The molecule has 0 aliphatic rings. The Kier molecular flexibility index (Phi) is 5.37. The van der Waals surface area contributed by atoms with Gasteiger partial charge in [0.15, 0.2) is 5.82 Å². The predicted octanol–water partition coefficient (Wildman–Crippen LogP) is 3.75. The van der Waals surface area contributed by atoms with Gasteiger partial charge in [0.1, 0.15) is 5.54 Å². The Morgan fingerprint density at radius 2 is 2.24 bits per heavy atom. The summed E-state index contributed by atoms with van der Waals surface area (Å²) in [5.74, 6) is 0.791. The van der Waals surface area contributed by atoms with Crippen molar-refractivity contribution in [2.24, 2.45) is 5.73 Å². The number of halogens is 2. The van der Waals surface area contributed by atoms with E-state index in [4.69, 9.17) is 26.6 Å². The monoisotopic (exact) mass is 373 g/mol. The minimum atomic E-state index is -0.796. The van der Waals surface area contributed by atoms with Gasteiger partial charge in [-0.05, 0) is 47.5 Å². The van der Waals surface area contributed by atoms with E-state index >= 15 is 0 Å². The molecule has 0 saturated heterocycles. The van der Waals surface area contributed by atoms with E-state index in [2.05, 4.69) is 26.1 Å². The van der Waals surface area contributed by atoms with Crippen molar-refractivity contribution < 1.29 is 9.26 Å². The van der Waals surface area contributed by atoms with Crippen molar-refractivity contribution in [1.29, 1.82) is 0 Å². The van der Waals surface area contributed by atoms with E-state index in [1.54, 1.807) is 6.07 Å². The van der Waals surface area contributed by atoms with Crippen LogP contribution < -0.4 is 5.73 Å². The highest BCUT2D eigenvalue weighted by atomic mass is 79.9. The molecule has 2 N–H and O–H groups in total. The summed E-state index contributed by atoms with van der Waals surface area (Å²) in [6.45, 7) is 4.84. The van der Waals surface area contributed by atoms with Crippen molar-refractivity contribution in [2.75, 3.05) is 13.2 Å². The number of nitrogens with zero attached hydrogens (tertiary/aromatic N) is 2. The van der Waals surface area contributed by atoms with Crippen molar-refractivity contribution in [2.45, 2.75) is 25.8 Å². The highest BCUT2D eigenvalue weighted by Gasteiger charge is 2.28. The summed E-state index contributed by atoms with van der Waals surface area (Å²) in [5, 5.41) is 4.53. The van der Waals surface area contributed by atoms with Crippen molar-refractivity contribution in [3.8, 4) is 11.5 Å². The maximum atomic E-state index is 6.18. The summed E-state index contributed by atoms with van der Waals surface area (Å²) in [4.78, 5) is 4.34. The lowest BCUT2D eigenvalue weighted by Crippen LogP contribution is -2.39. The van der Waals surface area contributed by atoms with Gasteiger partial charge in [0, 0.05) is 16.6 Å². The fourth-order valence-electron chi connectivity index (χ4n) is 1.69. The second-order valence-electron chi connectivity index (χ2n) is 5.02. The highest BCUT2D eigenvalue weighted by Crippen LogP contribution is 2.28. The SMILES string of the molecule is CCCOCC(C)(N)c1noc(-c2ccc(Br)c(Cl)c2)n1. The Morgan fingerprint density at radius 3 is 2.90 bits per heavy atom. The van der Waals surface area contributed by atoms with Crippen LogP contribution in [0.3, 0.4) is 0 Å². The molecule has 1 unspecified atom stereocenters. The average Bonchev–Trinajstić information content (AvgIpc) is 2.92. The number of aromatic nitrogens is 2. The lowest BCUT2D eigenvalue weighted by molar-refractivity contribution is 0.0867. The zero-order chi connectivity index (χ0) is 15.5. The van der Waals surface area contributed by atoms with Gasteiger partial charge in [-0.3, -0.25) is 0 Å². The van der Waals surface area contributed by atoms with Crippen molar-refractivity contribution in [3.05, 3.63) is 33.5 Å². The minimum absolute atomic E-state index is 0.334. The Hall–Kier alpha value is -0.950. The molecule has 114 valence electrons. The number of ether oxygens (including phenoxy) is 1. The van der Waals surface area contributed by atoms with E-state index in [-0.39, 0.29) is 0 Å². The van der Waals surface area contributed by atoms with Crippen LogP contribution in [-0.4, -0.2) is 23.4 Å². The molecule has 1 aromatic carbocycles. The van der Waals surface area contributed by atoms with Gasteiger partial charge < -0.3 is 15.0 Å². The first-order valence-corrected chi connectivity index (χ1v) is 7.77. The fraction of sp³-hybridized carbons (Fsp3) is 0.429. The molecule has 0 aliphatic carbocycles. The van der Waals surface area contributed by atoms with E-state index < -0.39 is 5.54 Å². The minimum Gasteiger partial charge on any atom is -0.379 e. The quantitative estimate of drug-likeness (QED) is 0.779. The molecule has 2 rings (SSSR count). The van der Waals surface area contributed by atoms with Gasteiger partial charge in [-0.15, -0.1) is 0 Å². The van der Waals surface area contributed by atoms with Gasteiger partial charge in [0.2, 0.25) is 0 Å². The van der Waals surface area contributed by atoms with Crippen LogP contribution >= 0.6 is 27.5 Å². The summed E-state index contributed by atoms with van der Waals surface area (Å²) in [5.41, 5.74) is 6.13. The molecule has 1 aromatic heterocycles. The summed E-state index contributed by atoms with van der Waals surface area (Å²) >= 11 is 9.40. The zero-order valence-corrected chi connectivity index (χ0v) is 14.2. The Balaban J connectivity index is 2.18. The van der Waals surface area contributed by atoms with Gasteiger partial charge >= 0.3 is 0 Å². The predicted molar refractivity (Wildman–Crippen MR) is 85.1 cm³/mol. The van der Waals surface area contributed by atoms with Crippen molar-refractivity contribution >= 4 is 27.5 Å². The first kappa shape index (κ1) is 16.4. The van der Waals surface area contributed by atoms with E-state index in [0.29, 0.717) is 30.0 Å². The molecular formula is C14H17BrClN3O2. The number of hydrogen-bond donors (Lipinski definition) is 1.